The van der Waals surface area contributed by atoms with Crippen molar-refractivity contribution in [2.45, 2.75) is 6.42 Å². The second-order valence-electron chi connectivity index (χ2n) is 3.74. The van der Waals surface area contributed by atoms with Gasteiger partial charge in [0, 0.05) is 32.4 Å². The van der Waals surface area contributed by atoms with Crippen molar-refractivity contribution in [2.75, 3.05) is 24.4 Å². The van der Waals surface area contributed by atoms with E-state index >= 15 is 0 Å². The molecule has 2 aromatic rings. The summed E-state index contributed by atoms with van der Waals surface area (Å²) in [7, 11) is 3.43. The molecule has 0 aliphatic carbocycles. The Morgan fingerprint density at radius 1 is 1.32 bits per heavy atom. The van der Waals surface area contributed by atoms with E-state index in [-0.39, 0.29) is 12.0 Å². The molecule has 0 saturated carbocycles. The van der Waals surface area contributed by atoms with E-state index in [1.54, 1.807) is 6.20 Å². The molecule has 2 heterocycles. The molecule has 2 aromatic heterocycles. The first kappa shape index (κ1) is 13.0. The van der Waals surface area contributed by atoms with Gasteiger partial charge in [0.05, 0.1) is 7.11 Å². The van der Waals surface area contributed by atoms with E-state index in [0.29, 0.717) is 12.5 Å². The van der Waals surface area contributed by atoms with Crippen LogP contribution in [0.2, 0.25) is 0 Å². The predicted molar refractivity (Wildman–Crippen MR) is 69.6 cm³/mol. The number of hydrazine groups is 1. The molecular formula is C10H16N8O. The number of hydrogen-bond acceptors (Lipinski definition) is 8. The van der Waals surface area contributed by atoms with Crippen LogP contribution in [0.3, 0.4) is 0 Å². The molecule has 2 rings (SSSR count). The Balaban J connectivity index is 1.97. The monoisotopic (exact) mass is 264 g/mol. The van der Waals surface area contributed by atoms with Crippen LogP contribution in [0.15, 0.2) is 12.4 Å². The molecule has 9 heteroatoms. The lowest BCUT2D eigenvalue weighted by Gasteiger charge is -2.07. The molecule has 4 N–H and O–H groups in total. The molecule has 19 heavy (non-hydrogen) atoms. The lowest BCUT2D eigenvalue weighted by molar-refractivity contribution is 0.379. The Hall–Kier alpha value is -2.42. The molecule has 0 aromatic carbocycles. The number of rotatable bonds is 6. The minimum atomic E-state index is 0.197. The molecule has 0 aliphatic rings. The molecular weight excluding hydrogens is 248 g/mol. The summed E-state index contributed by atoms with van der Waals surface area (Å²) in [6.07, 6.45) is 4.42. The maximum atomic E-state index is 5.27. The van der Waals surface area contributed by atoms with Crippen molar-refractivity contribution in [2.24, 2.45) is 12.9 Å². The quantitative estimate of drug-likeness (QED) is 0.475. The van der Waals surface area contributed by atoms with Gasteiger partial charge in [-0.3, -0.25) is 5.43 Å². The topological polar surface area (TPSA) is 116 Å². The molecule has 102 valence electrons. The molecule has 0 aliphatic heterocycles. The number of nitrogen functional groups attached to an aromatic ring is 1. The zero-order chi connectivity index (χ0) is 13.7. The summed E-state index contributed by atoms with van der Waals surface area (Å²) in [5.74, 6) is 6.89. The van der Waals surface area contributed by atoms with Crippen LogP contribution < -0.4 is 21.3 Å². The normalized spacial score (nSPS) is 10.3. The van der Waals surface area contributed by atoms with Gasteiger partial charge in [0.15, 0.2) is 0 Å². The highest BCUT2D eigenvalue weighted by atomic mass is 16.5. The van der Waals surface area contributed by atoms with Gasteiger partial charge in [0.25, 0.3) is 0 Å². The summed E-state index contributed by atoms with van der Waals surface area (Å²) in [5.41, 5.74) is 2.36. The van der Waals surface area contributed by atoms with Gasteiger partial charge in [-0.1, -0.05) is 0 Å². The Morgan fingerprint density at radius 3 is 2.74 bits per heavy atom. The number of methoxy groups -OCH3 is 1. The first-order valence-corrected chi connectivity index (χ1v) is 5.69. The molecule has 0 radical (unpaired) electrons. The van der Waals surface area contributed by atoms with Crippen LogP contribution in [0.5, 0.6) is 6.01 Å². The second-order valence-corrected chi connectivity index (χ2v) is 3.74. The number of anilines is 2. The number of hydrogen-bond donors (Lipinski definition) is 3. The van der Waals surface area contributed by atoms with Gasteiger partial charge in [-0.05, 0) is 0 Å². The number of nitrogens with zero attached hydrogens (tertiary/aromatic N) is 5. The fraction of sp³-hybridized carbons (Fsp3) is 0.400. The van der Waals surface area contributed by atoms with Crippen LogP contribution in [0.25, 0.3) is 0 Å². The summed E-state index contributed by atoms with van der Waals surface area (Å²) < 4.78 is 6.92. The van der Waals surface area contributed by atoms with Gasteiger partial charge in [-0.2, -0.15) is 15.0 Å². The van der Waals surface area contributed by atoms with Crippen molar-refractivity contribution < 1.29 is 4.74 Å². The minimum absolute atomic E-state index is 0.197. The number of aryl methyl sites for hydroxylation is 1. The van der Waals surface area contributed by atoms with Gasteiger partial charge in [0.2, 0.25) is 11.9 Å². The van der Waals surface area contributed by atoms with Gasteiger partial charge in [-0.25, -0.2) is 10.8 Å². The third-order valence-electron chi connectivity index (χ3n) is 2.48. The lowest BCUT2D eigenvalue weighted by Crippen LogP contribution is -2.15. The fourth-order valence-electron chi connectivity index (χ4n) is 1.51. The number of ether oxygens (including phenoxy) is 1. The van der Waals surface area contributed by atoms with Crippen LogP contribution in [-0.2, 0) is 13.5 Å². The standard InChI is InChI=1S/C10H16N8O/c1-18-6-5-12-7(18)3-4-13-8-14-9(17-11)16-10(15-8)19-2/h5-6H,3-4,11H2,1-2H3,(H2,13,14,15,16,17). The van der Waals surface area contributed by atoms with Crippen molar-refractivity contribution in [3.8, 4) is 6.01 Å². The summed E-state index contributed by atoms with van der Waals surface area (Å²) in [6.45, 7) is 0.641. The first-order chi connectivity index (χ1) is 9.22. The first-order valence-electron chi connectivity index (χ1n) is 5.69. The van der Waals surface area contributed by atoms with Crippen LogP contribution in [0.1, 0.15) is 5.82 Å². The highest BCUT2D eigenvalue weighted by Crippen LogP contribution is 2.09. The van der Waals surface area contributed by atoms with E-state index in [1.165, 1.54) is 7.11 Å². The molecule has 9 nitrogen and oxygen atoms in total. The molecule has 0 unspecified atom stereocenters. The fourth-order valence-corrected chi connectivity index (χ4v) is 1.51. The highest BCUT2D eigenvalue weighted by molar-refractivity contribution is 5.34. The summed E-state index contributed by atoms with van der Waals surface area (Å²) >= 11 is 0. The van der Waals surface area contributed by atoms with E-state index in [0.717, 1.165) is 12.2 Å². The largest absolute Gasteiger partial charge is 0.467 e. The number of imidazole rings is 1. The third kappa shape index (κ3) is 3.28. The van der Waals surface area contributed by atoms with Crippen molar-refractivity contribution >= 4 is 11.9 Å². The van der Waals surface area contributed by atoms with Gasteiger partial charge < -0.3 is 14.6 Å². The third-order valence-corrected chi connectivity index (χ3v) is 2.48. The Bertz CT molecular complexity index is 518. The smallest absolute Gasteiger partial charge is 0.322 e. The lowest BCUT2D eigenvalue weighted by atomic mass is 10.4. The predicted octanol–water partition coefficient (Wildman–Crippen LogP) is -0.446. The molecule has 0 atom stereocenters. The Kier molecular flexibility index (Phi) is 4.08. The second kappa shape index (κ2) is 5.96. The zero-order valence-corrected chi connectivity index (χ0v) is 10.8. The summed E-state index contributed by atoms with van der Waals surface area (Å²) in [5, 5.41) is 3.07. The summed E-state index contributed by atoms with van der Waals surface area (Å²) in [4.78, 5) is 16.3. The zero-order valence-electron chi connectivity index (χ0n) is 10.8. The molecule has 0 saturated heterocycles. The molecule has 0 amide bonds. The van der Waals surface area contributed by atoms with Gasteiger partial charge in [0.1, 0.15) is 5.82 Å². The van der Waals surface area contributed by atoms with E-state index in [1.807, 2.05) is 17.8 Å². The SMILES string of the molecule is COc1nc(NN)nc(NCCc2nccn2C)n1. The molecule has 0 fully saturated rings. The van der Waals surface area contributed by atoms with Gasteiger partial charge in [-0.15, -0.1) is 0 Å². The van der Waals surface area contributed by atoms with Crippen molar-refractivity contribution in [1.82, 2.24) is 24.5 Å². The van der Waals surface area contributed by atoms with Crippen molar-refractivity contribution in [1.29, 1.82) is 0 Å². The van der Waals surface area contributed by atoms with E-state index in [4.69, 9.17) is 10.6 Å². The van der Waals surface area contributed by atoms with Crippen LogP contribution in [-0.4, -0.2) is 38.2 Å². The van der Waals surface area contributed by atoms with Crippen LogP contribution in [0, 0.1) is 0 Å². The van der Waals surface area contributed by atoms with E-state index in [2.05, 4.69) is 30.7 Å². The van der Waals surface area contributed by atoms with E-state index in [9.17, 15) is 0 Å². The van der Waals surface area contributed by atoms with Gasteiger partial charge >= 0.3 is 6.01 Å². The average molecular weight is 264 g/mol. The number of nitrogens with one attached hydrogen (secondary N) is 2. The maximum absolute atomic E-state index is 5.27. The Labute approximate surface area is 110 Å². The number of nitrogens with two attached hydrogens (primary N) is 1. The maximum Gasteiger partial charge on any atom is 0.322 e. The summed E-state index contributed by atoms with van der Waals surface area (Å²) in [6, 6.07) is 0.197. The van der Waals surface area contributed by atoms with Crippen molar-refractivity contribution in [3.05, 3.63) is 18.2 Å². The molecule has 0 spiro atoms. The van der Waals surface area contributed by atoms with E-state index < -0.39 is 0 Å². The van der Waals surface area contributed by atoms with Crippen LogP contribution in [0.4, 0.5) is 11.9 Å². The average Bonchev–Trinajstić information content (AvgIpc) is 2.84. The Morgan fingerprint density at radius 2 is 2.11 bits per heavy atom. The minimum Gasteiger partial charge on any atom is -0.467 e. The number of aromatic nitrogens is 5. The van der Waals surface area contributed by atoms with Crippen LogP contribution >= 0.6 is 0 Å². The van der Waals surface area contributed by atoms with Crippen molar-refractivity contribution in [3.63, 3.8) is 0 Å². The highest BCUT2D eigenvalue weighted by Gasteiger charge is 2.06. The molecule has 0 bridgehead atoms.